The van der Waals surface area contributed by atoms with E-state index < -0.39 is 56.7 Å². The number of amides is 1. The highest BCUT2D eigenvalue weighted by Crippen LogP contribution is 2.36. The molecule has 0 saturated carbocycles. The van der Waals surface area contributed by atoms with E-state index in [2.05, 4.69) is 0 Å². The third kappa shape index (κ3) is 3.31. The fourth-order valence-electron chi connectivity index (χ4n) is 2.93. The number of benzene rings is 1. The third-order valence-electron chi connectivity index (χ3n) is 4.23. The number of carbonyl (C=O) groups is 3. The summed E-state index contributed by atoms with van der Waals surface area (Å²) in [5.74, 6) is -4.56. The number of carbonyl (C=O) groups excluding carboxylic acids is 3. The highest BCUT2D eigenvalue weighted by atomic mass is 19.4. The Kier molecular flexibility index (Phi) is 4.65. The Bertz CT molecular complexity index is 817. The number of hydrogen-bond acceptors (Lipinski definition) is 5. The van der Waals surface area contributed by atoms with Crippen molar-refractivity contribution < 1.29 is 32.5 Å². The van der Waals surface area contributed by atoms with Gasteiger partial charge in [0.1, 0.15) is 0 Å². The minimum Gasteiger partial charge on any atom is -0.344 e. The number of nitro groups is 1. The smallest absolute Gasteiger partial charge is 0.344 e. The third-order valence-corrected chi connectivity index (χ3v) is 4.23. The Morgan fingerprint density at radius 1 is 1.31 bits per heavy atom. The van der Waals surface area contributed by atoms with E-state index in [4.69, 9.17) is 0 Å². The van der Waals surface area contributed by atoms with Crippen LogP contribution in [0, 0.1) is 21.4 Å². The number of hydrogen-bond donors (Lipinski definition) is 0. The maximum atomic E-state index is 12.8. The van der Waals surface area contributed by atoms with Gasteiger partial charge in [-0.15, -0.1) is 0 Å². The molecule has 1 aromatic carbocycles. The van der Waals surface area contributed by atoms with Gasteiger partial charge in [0.25, 0.3) is 5.69 Å². The van der Waals surface area contributed by atoms with Crippen LogP contribution in [0.15, 0.2) is 18.2 Å². The molecule has 7 nitrogen and oxygen atoms in total. The lowest BCUT2D eigenvalue weighted by Crippen LogP contribution is -2.55. The lowest BCUT2D eigenvalue weighted by atomic mass is 9.74. The van der Waals surface area contributed by atoms with Crippen molar-refractivity contribution in [2.24, 2.45) is 11.3 Å². The largest absolute Gasteiger partial charge is 0.416 e. The summed E-state index contributed by atoms with van der Waals surface area (Å²) in [4.78, 5) is 48.6. The van der Waals surface area contributed by atoms with Crippen LogP contribution in [0.25, 0.3) is 0 Å². The summed E-state index contributed by atoms with van der Waals surface area (Å²) in [6.45, 7) is 3.09. The summed E-state index contributed by atoms with van der Waals surface area (Å²) >= 11 is 0. The van der Waals surface area contributed by atoms with Crippen LogP contribution in [0.1, 0.15) is 29.8 Å². The molecular formula is C16H15F3N2O5. The van der Waals surface area contributed by atoms with Crippen LogP contribution in [0.2, 0.25) is 0 Å². The van der Waals surface area contributed by atoms with Gasteiger partial charge in [-0.2, -0.15) is 13.2 Å². The SMILES string of the molecule is CN1CC(C)(C)C(=O)C(C(=O)c2ccc(C(F)(F)F)cc2[N+](=O)[O-])C1=O. The highest BCUT2D eigenvalue weighted by molar-refractivity contribution is 6.26. The van der Waals surface area contributed by atoms with E-state index in [-0.39, 0.29) is 12.6 Å². The second-order valence-corrected chi connectivity index (χ2v) is 6.73. The Balaban J connectivity index is 2.57. The van der Waals surface area contributed by atoms with Gasteiger partial charge in [0, 0.05) is 25.1 Å². The average Bonchev–Trinajstić information content (AvgIpc) is 2.51. The molecular weight excluding hydrogens is 357 g/mol. The molecule has 0 aromatic heterocycles. The van der Waals surface area contributed by atoms with Crippen LogP contribution in [-0.4, -0.2) is 40.9 Å². The Hall–Kier alpha value is -2.78. The van der Waals surface area contributed by atoms with Gasteiger partial charge < -0.3 is 4.90 Å². The second kappa shape index (κ2) is 6.19. The summed E-state index contributed by atoms with van der Waals surface area (Å²) in [5.41, 5.74) is -4.18. The molecule has 1 fully saturated rings. The van der Waals surface area contributed by atoms with Crippen LogP contribution >= 0.6 is 0 Å². The maximum Gasteiger partial charge on any atom is 0.416 e. The molecule has 1 aliphatic rings. The molecule has 26 heavy (non-hydrogen) atoms. The predicted octanol–water partition coefficient (Wildman–Crippen LogP) is 2.48. The average molecular weight is 372 g/mol. The zero-order valence-corrected chi connectivity index (χ0v) is 14.1. The van der Waals surface area contributed by atoms with Gasteiger partial charge >= 0.3 is 6.18 Å². The molecule has 1 aromatic rings. The van der Waals surface area contributed by atoms with Crippen LogP contribution in [0.3, 0.4) is 0 Å². The van der Waals surface area contributed by atoms with Crippen molar-refractivity contribution in [3.63, 3.8) is 0 Å². The Morgan fingerprint density at radius 2 is 1.88 bits per heavy atom. The Morgan fingerprint density at radius 3 is 2.38 bits per heavy atom. The van der Waals surface area contributed by atoms with E-state index in [1.165, 1.54) is 20.9 Å². The summed E-state index contributed by atoms with van der Waals surface area (Å²) in [7, 11) is 1.37. The van der Waals surface area contributed by atoms with Crippen molar-refractivity contribution in [2.75, 3.05) is 13.6 Å². The van der Waals surface area contributed by atoms with Crippen molar-refractivity contribution in [3.8, 4) is 0 Å². The molecule has 2 rings (SSSR count). The number of Topliss-reactive ketones (excluding diaryl/α,β-unsaturated/α-hetero) is 2. The highest BCUT2D eigenvalue weighted by Gasteiger charge is 2.50. The maximum absolute atomic E-state index is 12.8. The minimum atomic E-state index is -4.84. The van der Waals surface area contributed by atoms with E-state index >= 15 is 0 Å². The summed E-state index contributed by atoms with van der Waals surface area (Å²) < 4.78 is 38.3. The monoisotopic (exact) mass is 372 g/mol. The number of likely N-dealkylation sites (tertiary alicyclic amines) is 1. The van der Waals surface area contributed by atoms with Crippen molar-refractivity contribution in [1.29, 1.82) is 0 Å². The van der Waals surface area contributed by atoms with Gasteiger partial charge in [0.2, 0.25) is 5.91 Å². The van der Waals surface area contributed by atoms with Crippen LogP contribution in [0.4, 0.5) is 18.9 Å². The fraction of sp³-hybridized carbons (Fsp3) is 0.438. The number of rotatable bonds is 3. The first kappa shape index (κ1) is 19.5. The van der Waals surface area contributed by atoms with Gasteiger partial charge in [-0.1, -0.05) is 13.8 Å². The Labute approximate surface area is 145 Å². The quantitative estimate of drug-likeness (QED) is 0.351. The van der Waals surface area contributed by atoms with E-state index in [1.807, 2.05) is 0 Å². The zero-order valence-electron chi connectivity index (χ0n) is 14.1. The number of alkyl halides is 3. The van der Waals surface area contributed by atoms with Crippen LogP contribution < -0.4 is 0 Å². The lowest BCUT2D eigenvalue weighted by Gasteiger charge is -2.38. The molecule has 0 spiro atoms. The first-order chi connectivity index (χ1) is 11.8. The molecule has 1 saturated heterocycles. The minimum absolute atomic E-state index is 0.0591. The molecule has 1 amide bonds. The zero-order chi connectivity index (χ0) is 20.0. The summed E-state index contributed by atoms with van der Waals surface area (Å²) in [5, 5.41) is 11.1. The first-order valence-corrected chi connectivity index (χ1v) is 7.46. The molecule has 1 heterocycles. The molecule has 1 aliphatic heterocycles. The molecule has 140 valence electrons. The van der Waals surface area contributed by atoms with Gasteiger partial charge in [-0.3, -0.25) is 24.5 Å². The molecule has 0 bridgehead atoms. The molecule has 1 unspecified atom stereocenters. The van der Waals surface area contributed by atoms with Crippen molar-refractivity contribution >= 4 is 23.2 Å². The van der Waals surface area contributed by atoms with Crippen molar-refractivity contribution in [3.05, 3.63) is 39.4 Å². The molecule has 0 N–H and O–H groups in total. The topological polar surface area (TPSA) is 97.6 Å². The fourth-order valence-corrected chi connectivity index (χ4v) is 2.93. The van der Waals surface area contributed by atoms with E-state index in [0.717, 1.165) is 4.90 Å². The summed E-state index contributed by atoms with van der Waals surface area (Å²) in [6, 6.07) is 1.36. The van der Waals surface area contributed by atoms with Gasteiger partial charge in [-0.05, 0) is 12.1 Å². The van der Waals surface area contributed by atoms with Gasteiger partial charge in [0.15, 0.2) is 17.5 Å². The lowest BCUT2D eigenvalue weighted by molar-refractivity contribution is -0.385. The number of halogens is 3. The molecule has 10 heteroatoms. The normalized spacial score (nSPS) is 20.2. The standard InChI is InChI=1S/C16H15F3N2O5/c1-15(2)7-20(3)14(24)11(13(15)23)12(22)9-5-4-8(16(17,18)19)6-10(9)21(25)26/h4-6,11H,7H2,1-3H3. The molecule has 1 atom stereocenters. The molecule has 0 radical (unpaired) electrons. The molecule has 0 aliphatic carbocycles. The number of ketones is 2. The van der Waals surface area contributed by atoms with E-state index in [0.29, 0.717) is 12.1 Å². The van der Waals surface area contributed by atoms with Crippen LogP contribution in [-0.2, 0) is 15.8 Å². The predicted molar refractivity (Wildman–Crippen MR) is 82.3 cm³/mol. The second-order valence-electron chi connectivity index (χ2n) is 6.73. The van der Waals surface area contributed by atoms with Crippen LogP contribution in [0.5, 0.6) is 0 Å². The summed E-state index contributed by atoms with van der Waals surface area (Å²) in [6.07, 6.45) is -4.84. The van der Waals surface area contributed by atoms with E-state index in [9.17, 15) is 37.7 Å². The van der Waals surface area contributed by atoms with Gasteiger partial charge in [-0.25, -0.2) is 0 Å². The van der Waals surface area contributed by atoms with Crippen molar-refractivity contribution in [1.82, 2.24) is 4.90 Å². The number of piperidine rings is 1. The van der Waals surface area contributed by atoms with Gasteiger partial charge in [0.05, 0.1) is 16.1 Å². The number of nitrogens with zero attached hydrogens (tertiary/aromatic N) is 2. The first-order valence-electron chi connectivity index (χ1n) is 7.46. The van der Waals surface area contributed by atoms with E-state index in [1.54, 1.807) is 0 Å². The number of nitro benzene ring substituents is 1. The van der Waals surface area contributed by atoms with Crippen molar-refractivity contribution in [2.45, 2.75) is 20.0 Å².